The molecule has 1 aliphatic heterocycles. The first kappa shape index (κ1) is 18.8. The van der Waals surface area contributed by atoms with Gasteiger partial charge in [0.1, 0.15) is 0 Å². The highest BCUT2D eigenvalue weighted by molar-refractivity contribution is 7.15. The molecule has 138 valence electrons. The number of primary amides is 1. The molecule has 8 heteroatoms. The van der Waals surface area contributed by atoms with Crippen molar-refractivity contribution in [1.82, 2.24) is 15.1 Å². The molecule has 3 N–H and O–H groups in total. The molecule has 3 amide bonds. The Bertz CT molecular complexity index is 787. The van der Waals surface area contributed by atoms with Crippen LogP contribution >= 0.6 is 22.9 Å². The molecule has 1 fully saturated rings. The Morgan fingerprint density at radius 2 is 1.77 bits per heavy atom. The first-order valence-electron chi connectivity index (χ1n) is 8.39. The fourth-order valence-corrected chi connectivity index (χ4v) is 4.36. The molecule has 0 radical (unpaired) electrons. The lowest BCUT2D eigenvalue weighted by Gasteiger charge is -2.33. The molecule has 0 saturated carbocycles. The van der Waals surface area contributed by atoms with Gasteiger partial charge in [-0.15, -0.1) is 11.3 Å². The number of urea groups is 1. The van der Waals surface area contributed by atoms with E-state index in [2.05, 4.69) is 22.3 Å². The van der Waals surface area contributed by atoms with Gasteiger partial charge in [0.05, 0.1) is 6.54 Å². The van der Waals surface area contributed by atoms with E-state index >= 15 is 0 Å². The van der Waals surface area contributed by atoms with E-state index in [-0.39, 0.29) is 12.5 Å². The molecule has 6 nitrogen and oxygen atoms in total. The summed E-state index contributed by atoms with van der Waals surface area (Å²) in [5.74, 6) is -0.353. The fraction of sp³-hybridized carbons (Fsp3) is 0.333. The number of thiophene rings is 1. The van der Waals surface area contributed by atoms with Crippen molar-refractivity contribution in [3.05, 3.63) is 46.3 Å². The van der Waals surface area contributed by atoms with E-state index in [1.165, 1.54) is 9.75 Å². The summed E-state index contributed by atoms with van der Waals surface area (Å²) in [7, 11) is 0. The van der Waals surface area contributed by atoms with Crippen molar-refractivity contribution in [2.45, 2.75) is 6.54 Å². The highest BCUT2D eigenvalue weighted by Crippen LogP contribution is 2.33. The molecule has 1 saturated heterocycles. The van der Waals surface area contributed by atoms with E-state index in [0.29, 0.717) is 0 Å². The van der Waals surface area contributed by atoms with Gasteiger partial charge in [-0.2, -0.15) is 0 Å². The summed E-state index contributed by atoms with van der Waals surface area (Å²) >= 11 is 8.03. The van der Waals surface area contributed by atoms with Gasteiger partial charge in [0, 0.05) is 53.1 Å². The Balaban J connectivity index is 1.50. The summed E-state index contributed by atoms with van der Waals surface area (Å²) in [5.41, 5.74) is 6.02. The molecule has 0 atom stereocenters. The maximum Gasteiger partial charge on any atom is 0.318 e. The highest BCUT2D eigenvalue weighted by atomic mass is 35.5. The molecule has 2 heterocycles. The van der Waals surface area contributed by atoms with Crippen LogP contribution in [-0.2, 0) is 11.3 Å². The number of carbonyl (C=O) groups is 2. The Morgan fingerprint density at radius 1 is 1.08 bits per heavy atom. The first-order valence-corrected chi connectivity index (χ1v) is 9.58. The van der Waals surface area contributed by atoms with Gasteiger partial charge in [-0.1, -0.05) is 29.8 Å². The number of rotatable bonds is 5. The lowest BCUT2D eigenvalue weighted by molar-refractivity contribution is -0.121. The second kappa shape index (κ2) is 8.64. The number of amides is 3. The van der Waals surface area contributed by atoms with Gasteiger partial charge in [0.15, 0.2) is 0 Å². The summed E-state index contributed by atoms with van der Waals surface area (Å²) in [5, 5.41) is 2.87. The molecule has 0 bridgehead atoms. The van der Waals surface area contributed by atoms with Crippen LogP contribution < -0.4 is 11.1 Å². The number of hydrogen-bond donors (Lipinski definition) is 2. The maximum absolute atomic E-state index is 11.6. The number of halogens is 1. The monoisotopic (exact) mass is 392 g/mol. The van der Waals surface area contributed by atoms with E-state index < -0.39 is 6.03 Å². The quantitative estimate of drug-likeness (QED) is 0.818. The van der Waals surface area contributed by atoms with E-state index in [1.807, 2.05) is 29.2 Å². The van der Waals surface area contributed by atoms with Crippen LogP contribution in [0.5, 0.6) is 0 Å². The number of nitrogens with two attached hydrogens (primary N) is 1. The van der Waals surface area contributed by atoms with Crippen LogP contribution in [-0.4, -0.2) is 54.5 Å². The summed E-state index contributed by atoms with van der Waals surface area (Å²) < 4.78 is 0. The predicted molar refractivity (Wildman–Crippen MR) is 104 cm³/mol. The van der Waals surface area contributed by atoms with Gasteiger partial charge >= 0.3 is 6.03 Å². The molecule has 26 heavy (non-hydrogen) atoms. The van der Waals surface area contributed by atoms with Gasteiger partial charge in [-0.3, -0.25) is 19.9 Å². The summed E-state index contributed by atoms with van der Waals surface area (Å²) in [6.45, 7) is 4.42. The van der Waals surface area contributed by atoms with Crippen LogP contribution in [0.4, 0.5) is 4.79 Å². The number of hydrogen-bond acceptors (Lipinski definition) is 5. The van der Waals surface area contributed by atoms with Crippen molar-refractivity contribution in [2.75, 3.05) is 32.7 Å². The van der Waals surface area contributed by atoms with Crippen molar-refractivity contribution in [3.8, 4) is 10.4 Å². The SMILES string of the molecule is NC(=O)NC(=O)CN1CCN(Cc2ccc(-c3ccccc3Cl)s2)CC1. The third-order valence-electron chi connectivity index (χ3n) is 4.28. The zero-order chi connectivity index (χ0) is 18.5. The normalized spacial score (nSPS) is 15.7. The van der Waals surface area contributed by atoms with Gasteiger partial charge in [-0.05, 0) is 18.2 Å². The number of piperazine rings is 1. The lowest BCUT2D eigenvalue weighted by atomic mass is 10.2. The molecule has 2 aromatic rings. The number of nitrogens with one attached hydrogen (secondary N) is 1. The molecular weight excluding hydrogens is 372 g/mol. The number of carbonyl (C=O) groups excluding carboxylic acids is 2. The molecular formula is C18H21ClN4O2S. The van der Waals surface area contributed by atoms with Gasteiger partial charge in [-0.25, -0.2) is 4.79 Å². The first-order chi connectivity index (χ1) is 12.5. The minimum Gasteiger partial charge on any atom is -0.351 e. The van der Waals surface area contributed by atoms with Gasteiger partial charge in [0.2, 0.25) is 5.91 Å². The summed E-state index contributed by atoms with van der Waals surface area (Å²) in [6, 6.07) is 11.3. The average molecular weight is 393 g/mol. The molecule has 3 rings (SSSR count). The van der Waals surface area contributed by atoms with E-state index in [4.69, 9.17) is 17.3 Å². The van der Waals surface area contributed by atoms with Crippen molar-refractivity contribution >= 4 is 34.9 Å². The van der Waals surface area contributed by atoms with Crippen LogP contribution in [0.15, 0.2) is 36.4 Å². The second-order valence-corrected chi connectivity index (χ2v) is 7.79. The third kappa shape index (κ3) is 5.04. The Labute approximate surface area is 161 Å². The number of benzene rings is 1. The molecule has 1 aromatic heterocycles. The van der Waals surface area contributed by atoms with Crippen molar-refractivity contribution in [2.24, 2.45) is 5.73 Å². The Kier molecular flexibility index (Phi) is 6.26. The van der Waals surface area contributed by atoms with Crippen LogP contribution in [0, 0.1) is 0 Å². The second-order valence-electron chi connectivity index (χ2n) is 6.21. The van der Waals surface area contributed by atoms with E-state index in [0.717, 1.165) is 43.3 Å². The fourth-order valence-electron chi connectivity index (χ4n) is 2.97. The van der Waals surface area contributed by atoms with Gasteiger partial charge in [0.25, 0.3) is 0 Å². The topological polar surface area (TPSA) is 78.7 Å². The zero-order valence-electron chi connectivity index (χ0n) is 14.3. The minimum atomic E-state index is -0.805. The van der Waals surface area contributed by atoms with Crippen molar-refractivity contribution in [1.29, 1.82) is 0 Å². The Morgan fingerprint density at radius 3 is 2.46 bits per heavy atom. The molecule has 0 unspecified atom stereocenters. The lowest BCUT2D eigenvalue weighted by Crippen LogP contribution is -2.50. The molecule has 0 aliphatic carbocycles. The zero-order valence-corrected chi connectivity index (χ0v) is 15.9. The highest BCUT2D eigenvalue weighted by Gasteiger charge is 2.20. The maximum atomic E-state index is 11.6. The summed E-state index contributed by atoms with van der Waals surface area (Å²) in [6.07, 6.45) is 0. The number of nitrogens with zero attached hydrogens (tertiary/aromatic N) is 2. The molecule has 1 aliphatic rings. The van der Waals surface area contributed by atoms with Crippen molar-refractivity contribution in [3.63, 3.8) is 0 Å². The van der Waals surface area contributed by atoms with Crippen LogP contribution in [0.1, 0.15) is 4.88 Å². The van der Waals surface area contributed by atoms with Gasteiger partial charge < -0.3 is 5.73 Å². The van der Waals surface area contributed by atoms with Crippen LogP contribution in [0.25, 0.3) is 10.4 Å². The standard InChI is InChI=1S/C18H21ClN4O2S/c19-15-4-2-1-3-14(15)16-6-5-13(26-16)11-22-7-9-23(10-8-22)12-17(24)21-18(20)25/h1-6H,7-12H2,(H3,20,21,24,25). The minimum absolute atomic E-state index is 0.201. The number of imide groups is 1. The van der Waals surface area contributed by atoms with Crippen molar-refractivity contribution < 1.29 is 9.59 Å². The third-order valence-corrected chi connectivity index (χ3v) is 5.71. The van der Waals surface area contributed by atoms with Crippen LogP contribution in [0.3, 0.4) is 0 Å². The molecule has 1 aromatic carbocycles. The van der Waals surface area contributed by atoms with Crippen LogP contribution in [0.2, 0.25) is 5.02 Å². The largest absolute Gasteiger partial charge is 0.351 e. The molecule has 0 spiro atoms. The average Bonchev–Trinajstić information content (AvgIpc) is 3.04. The van der Waals surface area contributed by atoms with E-state index in [9.17, 15) is 9.59 Å². The van der Waals surface area contributed by atoms with E-state index in [1.54, 1.807) is 11.3 Å². The summed E-state index contributed by atoms with van der Waals surface area (Å²) in [4.78, 5) is 29.1. The smallest absolute Gasteiger partial charge is 0.318 e. The Hall–Kier alpha value is -1.93. The predicted octanol–water partition coefficient (Wildman–Crippen LogP) is 2.38.